The third kappa shape index (κ3) is 3.05. The molecule has 0 fully saturated rings. The molecular weight excluding hydrogens is 362 g/mol. The van der Waals surface area contributed by atoms with E-state index < -0.39 is 11.6 Å². The Morgan fingerprint density at radius 1 is 1.19 bits per heavy atom. The van der Waals surface area contributed by atoms with Crippen molar-refractivity contribution < 1.29 is 9.84 Å². The van der Waals surface area contributed by atoms with Crippen LogP contribution < -0.4 is 15.6 Å². The van der Waals surface area contributed by atoms with Gasteiger partial charge < -0.3 is 15.2 Å². The summed E-state index contributed by atoms with van der Waals surface area (Å²) in [6.07, 6.45) is 0.878. The first-order chi connectivity index (χ1) is 13.1. The number of nitrogens with zero attached hydrogens (tertiary/aromatic N) is 1. The van der Waals surface area contributed by atoms with Crippen LogP contribution in [0.5, 0.6) is 11.6 Å². The number of hydrogen-bond acceptors (Lipinski definition) is 5. The molecule has 6 nitrogen and oxygen atoms in total. The van der Waals surface area contributed by atoms with Gasteiger partial charge in [0.1, 0.15) is 5.75 Å². The third-order valence-corrected chi connectivity index (χ3v) is 5.13. The standard InChI is InChI=1S/C20H19N3O3S/c1-26-14-8-6-13(7-9-14)23-19(25)16(18(24)22-20(23)27)17-15-5-3-2-4-12(15)10-11-21-17/h2-9,17,21,25H,10-11H2,1H3,(H,22,24,27)/t17-/m1/s1. The highest BCUT2D eigenvalue weighted by Crippen LogP contribution is 2.32. The van der Waals surface area contributed by atoms with E-state index in [1.807, 2.05) is 24.3 Å². The Morgan fingerprint density at radius 2 is 1.93 bits per heavy atom. The Bertz CT molecular complexity index is 1100. The molecule has 1 atom stereocenters. The Labute approximate surface area is 161 Å². The fourth-order valence-corrected chi connectivity index (χ4v) is 3.82. The van der Waals surface area contributed by atoms with Gasteiger partial charge in [-0.2, -0.15) is 0 Å². The van der Waals surface area contributed by atoms with E-state index in [1.165, 1.54) is 10.1 Å². The molecule has 0 aliphatic carbocycles. The summed E-state index contributed by atoms with van der Waals surface area (Å²) in [4.78, 5) is 15.4. The molecule has 0 saturated heterocycles. The molecule has 2 aromatic carbocycles. The number of rotatable bonds is 3. The molecule has 0 unspecified atom stereocenters. The topological polar surface area (TPSA) is 79.3 Å². The van der Waals surface area contributed by atoms with Crippen LogP contribution in [-0.2, 0) is 6.42 Å². The second-order valence-electron chi connectivity index (χ2n) is 6.37. The molecule has 0 bridgehead atoms. The lowest BCUT2D eigenvalue weighted by Gasteiger charge is -2.27. The normalized spacial score (nSPS) is 16.0. The van der Waals surface area contributed by atoms with Gasteiger partial charge >= 0.3 is 0 Å². The lowest BCUT2D eigenvalue weighted by molar-refractivity contribution is 0.410. The molecule has 1 aliphatic heterocycles. The van der Waals surface area contributed by atoms with Crippen LogP contribution in [0.3, 0.4) is 0 Å². The molecule has 1 aromatic heterocycles. The van der Waals surface area contributed by atoms with E-state index in [4.69, 9.17) is 17.0 Å². The fourth-order valence-electron chi connectivity index (χ4n) is 3.53. The Kier molecular flexibility index (Phi) is 4.55. The summed E-state index contributed by atoms with van der Waals surface area (Å²) in [5.41, 5.74) is 2.66. The molecule has 27 heavy (non-hydrogen) atoms. The van der Waals surface area contributed by atoms with Gasteiger partial charge in [-0.05, 0) is 54.0 Å². The maximum absolute atomic E-state index is 12.7. The van der Waals surface area contributed by atoms with E-state index >= 15 is 0 Å². The van der Waals surface area contributed by atoms with Crippen molar-refractivity contribution in [1.82, 2.24) is 14.9 Å². The summed E-state index contributed by atoms with van der Waals surface area (Å²) in [6, 6.07) is 14.6. The van der Waals surface area contributed by atoms with Crippen LogP contribution in [0.15, 0.2) is 53.3 Å². The van der Waals surface area contributed by atoms with Crippen LogP contribution in [-0.4, -0.2) is 28.3 Å². The van der Waals surface area contributed by atoms with Crippen molar-refractivity contribution in [3.8, 4) is 17.3 Å². The van der Waals surface area contributed by atoms with Crippen molar-refractivity contribution in [1.29, 1.82) is 0 Å². The Balaban J connectivity index is 1.91. The molecule has 0 amide bonds. The van der Waals surface area contributed by atoms with E-state index in [0.717, 1.165) is 18.5 Å². The molecule has 7 heteroatoms. The van der Waals surface area contributed by atoms with Crippen LogP contribution >= 0.6 is 12.2 Å². The van der Waals surface area contributed by atoms with Gasteiger partial charge in [-0.15, -0.1) is 0 Å². The number of aromatic nitrogens is 2. The average molecular weight is 381 g/mol. The number of aromatic amines is 1. The van der Waals surface area contributed by atoms with E-state index in [2.05, 4.69) is 10.3 Å². The van der Waals surface area contributed by atoms with Crippen molar-refractivity contribution in [2.75, 3.05) is 13.7 Å². The van der Waals surface area contributed by atoms with Gasteiger partial charge in [0.05, 0.1) is 24.4 Å². The Hall–Kier alpha value is -2.90. The van der Waals surface area contributed by atoms with Crippen LogP contribution in [0.4, 0.5) is 0 Å². The minimum absolute atomic E-state index is 0.135. The molecule has 1 aliphatic rings. The van der Waals surface area contributed by atoms with Crippen LogP contribution in [0.2, 0.25) is 0 Å². The first-order valence-electron chi connectivity index (χ1n) is 8.64. The summed E-state index contributed by atoms with van der Waals surface area (Å²) in [7, 11) is 1.59. The van der Waals surface area contributed by atoms with Gasteiger partial charge in [-0.25, -0.2) is 0 Å². The van der Waals surface area contributed by atoms with Gasteiger partial charge in [0.15, 0.2) is 4.77 Å². The van der Waals surface area contributed by atoms with E-state index in [-0.39, 0.29) is 16.2 Å². The number of methoxy groups -OCH3 is 1. The quantitative estimate of drug-likeness (QED) is 0.608. The minimum Gasteiger partial charge on any atom is -0.497 e. The van der Waals surface area contributed by atoms with Gasteiger partial charge in [0, 0.05) is 6.54 Å². The van der Waals surface area contributed by atoms with Gasteiger partial charge in [0.25, 0.3) is 5.56 Å². The zero-order chi connectivity index (χ0) is 19.0. The number of benzene rings is 2. The molecule has 0 saturated carbocycles. The SMILES string of the molecule is COc1ccc(-n2c(O)c([C@@H]3NCCc4ccccc43)c(=O)[nH]c2=S)cc1. The lowest BCUT2D eigenvalue weighted by Crippen LogP contribution is -2.35. The molecule has 0 radical (unpaired) electrons. The maximum Gasteiger partial charge on any atom is 0.260 e. The highest BCUT2D eigenvalue weighted by Gasteiger charge is 2.28. The monoisotopic (exact) mass is 381 g/mol. The second kappa shape index (κ2) is 7.02. The van der Waals surface area contributed by atoms with Crippen molar-refractivity contribution >= 4 is 12.2 Å². The highest BCUT2D eigenvalue weighted by molar-refractivity contribution is 7.71. The first-order valence-corrected chi connectivity index (χ1v) is 9.05. The molecule has 3 aromatic rings. The minimum atomic E-state index is -0.404. The van der Waals surface area contributed by atoms with Crippen molar-refractivity contribution in [2.45, 2.75) is 12.5 Å². The first kappa shape index (κ1) is 17.5. The van der Waals surface area contributed by atoms with Crippen molar-refractivity contribution in [3.63, 3.8) is 0 Å². The van der Waals surface area contributed by atoms with Crippen LogP contribution in [0.25, 0.3) is 5.69 Å². The van der Waals surface area contributed by atoms with Gasteiger partial charge in [-0.1, -0.05) is 24.3 Å². The third-order valence-electron chi connectivity index (χ3n) is 4.85. The van der Waals surface area contributed by atoms with Gasteiger partial charge in [-0.3, -0.25) is 14.3 Å². The smallest absolute Gasteiger partial charge is 0.260 e. The van der Waals surface area contributed by atoms with Crippen molar-refractivity contribution in [2.24, 2.45) is 0 Å². The molecular formula is C20H19N3O3S. The highest BCUT2D eigenvalue weighted by atomic mass is 32.1. The summed E-state index contributed by atoms with van der Waals surface area (Å²) >= 11 is 5.30. The summed E-state index contributed by atoms with van der Waals surface area (Å²) in [5, 5.41) is 14.4. The summed E-state index contributed by atoms with van der Waals surface area (Å²) < 4.78 is 6.77. The second-order valence-corrected chi connectivity index (χ2v) is 6.75. The molecule has 138 valence electrons. The van der Waals surface area contributed by atoms with Crippen LogP contribution in [0.1, 0.15) is 22.7 Å². The summed E-state index contributed by atoms with van der Waals surface area (Å²) in [6.45, 7) is 0.721. The van der Waals surface area contributed by atoms with E-state index in [0.29, 0.717) is 11.4 Å². The molecule has 2 heterocycles. The zero-order valence-corrected chi connectivity index (χ0v) is 15.5. The predicted octanol–water partition coefficient (Wildman–Crippen LogP) is 2.84. The number of hydrogen-bond donors (Lipinski definition) is 3. The number of ether oxygens (including phenoxy) is 1. The fraction of sp³-hybridized carbons (Fsp3) is 0.200. The molecule has 0 spiro atoms. The van der Waals surface area contributed by atoms with E-state index in [9.17, 15) is 9.90 Å². The molecule has 3 N–H and O–H groups in total. The lowest BCUT2D eigenvalue weighted by atomic mass is 9.90. The van der Waals surface area contributed by atoms with E-state index in [1.54, 1.807) is 31.4 Å². The number of fused-ring (bicyclic) bond motifs is 1. The van der Waals surface area contributed by atoms with Crippen molar-refractivity contribution in [3.05, 3.63) is 80.3 Å². The average Bonchev–Trinajstić information content (AvgIpc) is 2.68. The number of nitrogens with one attached hydrogen (secondary N) is 2. The maximum atomic E-state index is 12.7. The van der Waals surface area contributed by atoms with Gasteiger partial charge in [0.2, 0.25) is 5.88 Å². The summed E-state index contributed by atoms with van der Waals surface area (Å²) in [5.74, 6) is 0.528. The predicted molar refractivity (Wildman–Crippen MR) is 105 cm³/mol. The largest absolute Gasteiger partial charge is 0.497 e. The zero-order valence-electron chi connectivity index (χ0n) is 14.7. The number of aromatic hydroxyl groups is 1. The Morgan fingerprint density at radius 3 is 2.67 bits per heavy atom. The van der Waals surface area contributed by atoms with Crippen LogP contribution in [0, 0.1) is 4.77 Å². The molecule has 4 rings (SSSR count). The number of H-pyrrole nitrogens is 1.